The van der Waals surface area contributed by atoms with Crippen molar-refractivity contribution in [2.75, 3.05) is 0 Å². The average Bonchev–Trinajstić information content (AvgIpc) is 2.78. The van der Waals surface area contributed by atoms with Gasteiger partial charge in [-0.15, -0.1) is 10.2 Å². The molecule has 0 unspecified atom stereocenters. The Morgan fingerprint density at radius 1 is 1.44 bits per heavy atom. The Bertz CT molecular complexity index is 542. The van der Waals surface area contributed by atoms with E-state index < -0.39 is 0 Å². The molecule has 0 spiro atoms. The minimum atomic E-state index is 0.430. The van der Waals surface area contributed by atoms with E-state index in [1.54, 1.807) is 18.2 Å². The zero-order chi connectivity index (χ0) is 11.4. The van der Waals surface area contributed by atoms with Crippen molar-refractivity contribution in [2.45, 2.75) is 13.3 Å². The highest BCUT2D eigenvalue weighted by atomic mass is 16.4. The van der Waals surface area contributed by atoms with E-state index in [9.17, 15) is 4.79 Å². The summed E-state index contributed by atoms with van der Waals surface area (Å²) < 4.78 is 5.39. The van der Waals surface area contributed by atoms with Gasteiger partial charge in [-0.25, -0.2) is 4.79 Å². The summed E-state index contributed by atoms with van der Waals surface area (Å²) in [6.45, 7) is 1.93. The summed E-state index contributed by atoms with van der Waals surface area (Å²) in [4.78, 5) is 13.7. The second-order valence-electron chi connectivity index (χ2n) is 3.11. The van der Waals surface area contributed by atoms with Crippen molar-refractivity contribution in [1.82, 2.24) is 10.2 Å². The number of aliphatic imine (C=N–C) groups is 1. The van der Waals surface area contributed by atoms with Crippen molar-refractivity contribution in [3.8, 4) is 11.5 Å². The molecule has 0 bridgehead atoms. The Morgan fingerprint density at radius 3 is 3.00 bits per heavy atom. The van der Waals surface area contributed by atoms with Gasteiger partial charge in [0, 0.05) is 12.0 Å². The molecule has 0 saturated heterocycles. The van der Waals surface area contributed by atoms with Gasteiger partial charge in [0.1, 0.15) is 0 Å². The average molecular weight is 215 g/mol. The van der Waals surface area contributed by atoms with E-state index in [1.807, 2.05) is 13.0 Å². The first-order chi connectivity index (χ1) is 7.83. The van der Waals surface area contributed by atoms with E-state index in [4.69, 9.17) is 4.42 Å². The molecule has 16 heavy (non-hydrogen) atoms. The predicted molar refractivity (Wildman–Crippen MR) is 56.9 cm³/mol. The largest absolute Gasteiger partial charge is 0.421 e. The molecule has 0 aliphatic rings. The molecule has 5 heteroatoms. The number of carbonyl (C=O) groups excluding carboxylic acids is 1. The summed E-state index contributed by atoms with van der Waals surface area (Å²) in [5, 5.41) is 7.76. The lowest BCUT2D eigenvalue weighted by atomic mass is 10.2. The quantitative estimate of drug-likeness (QED) is 0.581. The first-order valence-corrected chi connectivity index (χ1v) is 4.84. The van der Waals surface area contributed by atoms with Crippen LogP contribution in [0.5, 0.6) is 0 Å². The Morgan fingerprint density at radius 2 is 2.31 bits per heavy atom. The molecule has 0 fully saturated rings. The van der Waals surface area contributed by atoms with Gasteiger partial charge in [0.2, 0.25) is 17.9 Å². The molecule has 1 aromatic heterocycles. The molecule has 0 saturated carbocycles. The van der Waals surface area contributed by atoms with Gasteiger partial charge < -0.3 is 4.42 Å². The highest BCUT2D eigenvalue weighted by Gasteiger charge is 2.07. The van der Waals surface area contributed by atoms with E-state index in [0.717, 1.165) is 5.56 Å². The minimum absolute atomic E-state index is 0.430. The minimum Gasteiger partial charge on any atom is -0.421 e. The fraction of sp³-hybridized carbons (Fsp3) is 0.182. The summed E-state index contributed by atoms with van der Waals surface area (Å²) in [5.74, 6) is 1.01. The molecule has 2 rings (SSSR count). The first kappa shape index (κ1) is 10.3. The molecule has 1 aromatic carbocycles. The van der Waals surface area contributed by atoms with Crippen LogP contribution in [-0.4, -0.2) is 16.3 Å². The van der Waals surface area contributed by atoms with Crippen LogP contribution in [0.3, 0.4) is 0 Å². The maximum absolute atomic E-state index is 10.1. The lowest BCUT2D eigenvalue weighted by Crippen LogP contribution is -1.77. The van der Waals surface area contributed by atoms with Crippen LogP contribution >= 0.6 is 0 Å². The summed E-state index contributed by atoms with van der Waals surface area (Å²) >= 11 is 0. The Balaban J connectivity index is 2.39. The van der Waals surface area contributed by atoms with Gasteiger partial charge in [-0.1, -0.05) is 13.0 Å². The normalized spacial score (nSPS) is 9.81. The van der Waals surface area contributed by atoms with Crippen molar-refractivity contribution in [1.29, 1.82) is 0 Å². The lowest BCUT2D eigenvalue weighted by Gasteiger charge is -1.95. The van der Waals surface area contributed by atoms with Crippen LogP contribution in [0.1, 0.15) is 12.8 Å². The maximum atomic E-state index is 10.1. The fourth-order valence-electron chi connectivity index (χ4n) is 1.27. The van der Waals surface area contributed by atoms with Crippen LogP contribution in [0.25, 0.3) is 11.5 Å². The number of hydrogen-bond acceptors (Lipinski definition) is 5. The highest BCUT2D eigenvalue weighted by Crippen LogP contribution is 2.22. The number of benzene rings is 1. The first-order valence-electron chi connectivity index (χ1n) is 4.84. The zero-order valence-electron chi connectivity index (χ0n) is 8.67. The summed E-state index contributed by atoms with van der Waals surface area (Å²) in [5.41, 5.74) is 1.26. The molecule has 0 radical (unpaired) electrons. The van der Waals surface area contributed by atoms with Crippen molar-refractivity contribution in [3.05, 3.63) is 30.2 Å². The third-order valence-electron chi connectivity index (χ3n) is 2.04. The summed E-state index contributed by atoms with van der Waals surface area (Å²) in [7, 11) is 0. The standard InChI is InChI=1S/C11H9N3O2/c1-2-10-13-14-11(16-10)8-4-3-5-9(6-8)12-7-15/h3-6H,2H2,1H3. The predicted octanol–water partition coefficient (Wildman–Crippen LogP) is 2.27. The van der Waals surface area contributed by atoms with E-state index in [2.05, 4.69) is 15.2 Å². The van der Waals surface area contributed by atoms with Gasteiger partial charge in [0.05, 0.1) is 5.69 Å². The molecular formula is C11H9N3O2. The van der Waals surface area contributed by atoms with E-state index in [1.165, 1.54) is 6.08 Å². The van der Waals surface area contributed by atoms with Crippen LogP contribution < -0.4 is 0 Å². The second kappa shape index (κ2) is 4.51. The van der Waals surface area contributed by atoms with Gasteiger partial charge in [-0.3, -0.25) is 0 Å². The molecule has 0 aliphatic heterocycles. The Kier molecular flexibility index (Phi) is 2.89. The van der Waals surface area contributed by atoms with Gasteiger partial charge >= 0.3 is 0 Å². The highest BCUT2D eigenvalue weighted by molar-refractivity contribution is 5.61. The topological polar surface area (TPSA) is 68.3 Å². The number of isocyanates is 1. The zero-order valence-corrected chi connectivity index (χ0v) is 8.67. The lowest BCUT2D eigenvalue weighted by molar-refractivity contribution is 0.513. The van der Waals surface area contributed by atoms with Crippen molar-refractivity contribution >= 4 is 11.8 Å². The number of aryl methyl sites for hydroxylation is 1. The van der Waals surface area contributed by atoms with E-state index >= 15 is 0 Å². The molecular weight excluding hydrogens is 206 g/mol. The van der Waals surface area contributed by atoms with Crippen LogP contribution in [-0.2, 0) is 11.2 Å². The van der Waals surface area contributed by atoms with Gasteiger partial charge in [0.25, 0.3) is 0 Å². The molecule has 2 aromatic rings. The van der Waals surface area contributed by atoms with E-state index in [-0.39, 0.29) is 0 Å². The van der Waals surface area contributed by atoms with Crippen molar-refractivity contribution < 1.29 is 9.21 Å². The molecule has 0 amide bonds. The van der Waals surface area contributed by atoms with Gasteiger partial charge in [-0.05, 0) is 18.2 Å². The van der Waals surface area contributed by atoms with Crippen LogP contribution in [0.2, 0.25) is 0 Å². The number of hydrogen-bond donors (Lipinski definition) is 0. The Hall–Kier alpha value is -2.26. The smallest absolute Gasteiger partial charge is 0.247 e. The molecule has 0 N–H and O–H groups in total. The maximum Gasteiger partial charge on any atom is 0.247 e. The number of nitrogens with zero attached hydrogens (tertiary/aromatic N) is 3. The van der Waals surface area contributed by atoms with Crippen LogP contribution in [0.15, 0.2) is 33.7 Å². The second-order valence-corrected chi connectivity index (χ2v) is 3.11. The van der Waals surface area contributed by atoms with Crippen molar-refractivity contribution in [3.63, 3.8) is 0 Å². The van der Waals surface area contributed by atoms with Crippen molar-refractivity contribution in [2.24, 2.45) is 4.99 Å². The van der Waals surface area contributed by atoms with Crippen LogP contribution in [0.4, 0.5) is 5.69 Å². The monoisotopic (exact) mass is 215 g/mol. The molecule has 80 valence electrons. The third kappa shape index (κ3) is 2.04. The van der Waals surface area contributed by atoms with Crippen LogP contribution in [0, 0.1) is 0 Å². The third-order valence-corrected chi connectivity index (χ3v) is 2.04. The number of aromatic nitrogens is 2. The molecule has 1 heterocycles. The molecule has 0 atom stereocenters. The van der Waals surface area contributed by atoms with E-state index in [0.29, 0.717) is 23.9 Å². The molecule has 0 aliphatic carbocycles. The SMILES string of the molecule is CCc1nnc(-c2cccc(N=C=O)c2)o1. The van der Waals surface area contributed by atoms with Gasteiger partial charge in [0.15, 0.2) is 0 Å². The summed E-state index contributed by atoms with van der Waals surface area (Å²) in [6, 6.07) is 6.97. The van der Waals surface area contributed by atoms with Gasteiger partial charge in [-0.2, -0.15) is 4.99 Å². The Labute approximate surface area is 91.8 Å². The summed E-state index contributed by atoms with van der Waals surface area (Å²) in [6.07, 6.45) is 2.18. The number of rotatable bonds is 3. The molecule has 5 nitrogen and oxygen atoms in total. The fourth-order valence-corrected chi connectivity index (χ4v) is 1.27.